The summed E-state index contributed by atoms with van der Waals surface area (Å²) < 4.78 is 20.1. The van der Waals surface area contributed by atoms with Gasteiger partial charge < -0.3 is 9.84 Å². The van der Waals surface area contributed by atoms with Crippen LogP contribution in [0.1, 0.15) is 18.1 Å². The third-order valence-electron chi connectivity index (χ3n) is 3.23. The van der Waals surface area contributed by atoms with Crippen molar-refractivity contribution in [3.8, 4) is 5.75 Å². The number of hydrogen-bond donors (Lipinski definition) is 1. The first-order valence-electron chi connectivity index (χ1n) is 6.24. The van der Waals surface area contributed by atoms with Gasteiger partial charge in [-0.05, 0) is 30.7 Å². The van der Waals surface area contributed by atoms with Crippen molar-refractivity contribution in [3.05, 3.63) is 63.9 Å². The highest BCUT2D eigenvalue weighted by molar-refractivity contribution is 9.10. The maximum Gasteiger partial charge on any atom is 0.133 e. The lowest BCUT2D eigenvalue weighted by Crippen LogP contribution is -2.26. The molecule has 0 bridgehead atoms. The second kappa shape index (κ2) is 5.94. The third kappa shape index (κ3) is 3.02. The maximum atomic E-state index is 14.1. The van der Waals surface area contributed by atoms with Crippen molar-refractivity contribution in [2.24, 2.45) is 0 Å². The predicted octanol–water partition coefficient (Wildman–Crippen LogP) is 4.05. The second-order valence-corrected chi connectivity index (χ2v) is 5.71. The topological polar surface area (TPSA) is 29.5 Å². The molecule has 0 saturated heterocycles. The Morgan fingerprint density at radius 3 is 2.55 bits per heavy atom. The number of ether oxygens (including phenoxy) is 1. The zero-order valence-corrected chi connectivity index (χ0v) is 12.9. The Morgan fingerprint density at radius 2 is 1.90 bits per heavy atom. The number of methoxy groups -OCH3 is 1. The van der Waals surface area contributed by atoms with Gasteiger partial charge >= 0.3 is 0 Å². The minimum Gasteiger partial charge on any atom is -0.496 e. The van der Waals surface area contributed by atoms with Crippen molar-refractivity contribution in [1.82, 2.24) is 0 Å². The van der Waals surface area contributed by atoms with E-state index in [1.54, 1.807) is 19.1 Å². The Bertz CT molecular complexity index is 611. The van der Waals surface area contributed by atoms with Crippen molar-refractivity contribution >= 4 is 15.9 Å². The number of hydrogen-bond acceptors (Lipinski definition) is 2. The van der Waals surface area contributed by atoms with Crippen molar-refractivity contribution in [2.45, 2.75) is 18.9 Å². The van der Waals surface area contributed by atoms with Gasteiger partial charge in [-0.25, -0.2) is 4.39 Å². The van der Waals surface area contributed by atoms with Crippen LogP contribution in [0.5, 0.6) is 5.75 Å². The van der Waals surface area contributed by atoms with Gasteiger partial charge in [-0.1, -0.05) is 40.2 Å². The fourth-order valence-electron chi connectivity index (χ4n) is 2.30. The summed E-state index contributed by atoms with van der Waals surface area (Å²) in [5.41, 5.74) is -0.276. The van der Waals surface area contributed by atoms with Crippen molar-refractivity contribution < 1.29 is 14.2 Å². The van der Waals surface area contributed by atoms with E-state index in [9.17, 15) is 9.50 Å². The first-order valence-corrected chi connectivity index (χ1v) is 7.04. The Kier molecular flexibility index (Phi) is 4.45. The summed E-state index contributed by atoms with van der Waals surface area (Å²) in [6.07, 6.45) is 0.283. The molecule has 0 aliphatic heterocycles. The summed E-state index contributed by atoms with van der Waals surface area (Å²) >= 11 is 3.44. The fraction of sp³-hybridized carbons (Fsp3) is 0.250. The van der Waals surface area contributed by atoms with Gasteiger partial charge in [0.15, 0.2) is 0 Å². The van der Waals surface area contributed by atoms with Crippen LogP contribution in [0.4, 0.5) is 4.39 Å². The van der Waals surface area contributed by atoms with Gasteiger partial charge in [0.1, 0.15) is 11.6 Å². The van der Waals surface area contributed by atoms with Gasteiger partial charge in [-0.3, -0.25) is 0 Å². The van der Waals surface area contributed by atoms with E-state index in [0.717, 1.165) is 10.0 Å². The molecule has 0 aliphatic carbocycles. The molecule has 0 radical (unpaired) electrons. The first-order chi connectivity index (χ1) is 9.45. The molecule has 2 rings (SSSR count). The summed E-state index contributed by atoms with van der Waals surface area (Å²) in [4.78, 5) is 0. The predicted molar refractivity (Wildman–Crippen MR) is 80.4 cm³/mol. The smallest absolute Gasteiger partial charge is 0.133 e. The molecule has 0 aliphatic rings. The molecule has 1 N–H and O–H groups in total. The molecule has 1 atom stereocenters. The third-order valence-corrected chi connectivity index (χ3v) is 4.00. The van der Waals surface area contributed by atoms with Crippen LogP contribution in [0.15, 0.2) is 46.9 Å². The number of halogens is 2. The molecule has 106 valence electrons. The summed E-state index contributed by atoms with van der Waals surface area (Å²) in [6.45, 7) is 1.59. The van der Waals surface area contributed by atoms with Gasteiger partial charge in [0.05, 0.1) is 18.3 Å². The molecule has 2 aromatic rings. The van der Waals surface area contributed by atoms with Crippen LogP contribution in [0.3, 0.4) is 0 Å². The quantitative estimate of drug-likeness (QED) is 0.911. The molecule has 0 amide bonds. The van der Waals surface area contributed by atoms with Crippen molar-refractivity contribution in [2.75, 3.05) is 7.11 Å². The normalized spacial score (nSPS) is 13.8. The Balaban J connectivity index is 2.43. The van der Waals surface area contributed by atoms with Crippen LogP contribution in [0, 0.1) is 5.82 Å². The summed E-state index contributed by atoms with van der Waals surface area (Å²) in [7, 11) is 1.47. The molecule has 0 spiro atoms. The molecule has 1 unspecified atom stereocenters. The van der Waals surface area contributed by atoms with Gasteiger partial charge in [-0.15, -0.1) is 0 Å². The van der Waals surface area contributed by atoms with E-state index in [0.29, 0.717) is 5.75 Å². The van der Waals surface area contributed by atoms with E-state index in [-0.39, 0.29) is 12.0 Å². The molecule has 2 aromatic carbocycles. The van der Waals surface area contributed by atoms with Gasteiger partial charge in [0.25, 0.3) is 0 Å². The summed E-state index contributed by atoms with van der Waals surface area (Å²) in [5.74, 6) is -0.122. The highest BCUT2D eigenvalue weighted by Gasteiger charge is 2.31. The van der Waals surface area contributed by atoms with Crippen LogP contribution in [-0.2, 0) is 12.0 Å². The molecular weight excluding hydrogens is 323 g/mol. The van der Waals surface area contributed by atoms with Crippen LogP contribution < -0.4 is 4.74 Å². The van der Waals surface area contributed by atoms with E-state index < -0.39 is 11.4 Å². The summed E-state index contributed by atoms with van der Waals surface area (Å²) in [5, 5.41) is 10.7. The Morgan fingerprint density at radius 1 is 1.20 bits per heavy atom. The molecule has 0 fully saturated rings. The highest BCUT2D eigenvalue weighted by atomic mass is 79.9. The van der Waals surface area contributed by atoms with Gasteiger partial charge in [-0.2, -0.15) is 0 Å². The van der Waals surface area contributed by atoms with E-state index in [1.165, 1.54) is 13.2 Å². The Labute approximate surface area is 126 Å². The van der Waals surface area contributed by atoms with E-state index in [1.807, 2.05) is 24.3 Å². The number of aliphatic hydroxyl groups is 1. The molecular formula is C16H16BrFO2. The van der Waals surface area contributed by atoms with Crippen LogP contribution in [-0.4, -0.2) is 12.2 Å². The molecule has 20 heavy (non-hydrogen) atoms. The van der Waals surface area contributed by atoms with Crippen molar-refractivity contribution in [1.29, 1.82) is 0 Å². The average Bonchev–Trinajstić information content (AvgIpc) is 2.40. The molecule has 0 aromatic heterocycles. The molecule has 4 heteroatoms. The zero-order valence-electron chi connectivity index (χ0n) is 11.4. The minimum absolute atomic E-state index is 0.179. The van der Waals surface area contributed by atoms with Crippen LogP contribution in [0.2, 0.25) is 0 Å². The first kappa shape index (κ1) is 15.0. The fourth-order valence-corrected chi connectivity index (χ4v) is 2.72. The standard InChI is InChI=1S/C16H16BrFO2/c1-16(19,10-11-6-3-4-7-12(11)17)15-13(18)8-5-9-14(15)20-2/h3-9,19H,10H2,1-2H3. The molecule has 2 nitrogen and oxygen atoms in total. The highest BCUT2D eigenvalue weighted by Crippen LogP contribution is 2.35. The van der Waals surface area contributed by atoms with Crippen LogP contribution >= 0.6 is 15.9 Å². The van der Waals surface area contributed by atoms with E-state index in [2.05, 4.69) is 15.9 Å². The van der Waals surface area contributed by atoms with Gasteiger partial charge in [0, 0.05) is 10.9 Å². The zero-order chi connectivity index (χ0) is 14.8. The minimum atomic E-state index is -1.36. The molecule has 0 saturated carbocycles. The Hall–Kier alpha value is -1.39. The number of benzene rings is 2. The van der Waals surface area contributed by atoms with E-state index >= 15 is 0 Å². The SMILES string of the molecule is COc1cccc(F)c1C(C)(O)Cc1ccccc1Br. The van der Waals surface area contributed by atoms with Gasteiger partial charge in [0.2, 0.25) is 0 Å². The molecule has 0 heterocycles. The largest absolute Gasteiger partial charge is 0.496 e. The lowest BCUT2D eigenvalue weighted by atomic mass is 9.88. The van der Waals surface area contributed by atoms with E-state index in [4.69, 9.17) is 4.74 Å². The lowest BCUT2D eigenvalue weighted by Gasteiger charge is -2.26. The average molecular weight is 339 g/mol. The number of rotatable bonds is 4. The maximum absolute atomic E-state index is 14.1. The monoisotopic (exact) mass is 338 g/mol. The van der Waals surface area contributed by atoms with Crippen molar-refractivity contribution in [3.63, 3.8) is 0 Å². The van der Waals surface area contributed by atoms with Crippen LogP contribution in [0.25, 0.3) is 0 Å². The lowest BCUT2D eigenvalue weighted by molar-refractivity contribution is 0.0508. The summed E-state index contributed by atoms with van der Waals surface area (Å²) in [6, 6.07) is 12.1. The second-order valence-electron chi connectivity index (χ2n) is 4.86.